The number of carboxylic acid groups (broad SMARTS) is 1. The number of aryl methyl sites for hydroxylation is 1. The van der Waals surface area contributed by atoms with E-state index in [1.54, 1.807) is 30.3 Å². The molecule has 0 fully saturated rings. The minimum absolute atomic E-state index is 0.202. The third-order valence-corrected chi connectivity index (χ3v) is 3.25. The van der Waals surface area contributed by atoms with Crippen LogP contribution in [0, 0.1) is 6.92 Å². The lowest BCUT2D eigenvalue weighted by molar-refractivity contribution is 0.0697. The fourth-order valence-corrected chi connectivity index (χ4v) is 2.16. The molecule has 0 bridgehead atoms. The van der Waals surface area contributed by atoms with Crippen molar-refractivity contribution >= 4 is 46.3 Å². The molecule has 6 heteroatoms. The topological polar surface area (TPSA) is 61.4 Å². The molecule has 0 unspecified atom stereocenters. The van der Waals surface area contributed by atoms with E-state index in [1.807, 2.05) is 19.1 Å². The lowest BCUT2D eigenvalue weighted by Gasteiger charge is -2.13. The lowest BCUT2D eigenvalue weighted by atomic mass is 10.1. The molecular formula is C15H13ClN2O2S. The zero-order valence-electron chi connectivity index (χ0n) is 11.2. The molecule has 0 aliphatic rings. The maximum atomic E-state index is 11.0. The second-order valence-electron chi connectivity index (χ2n) is 4.42. The SMILES string of the molecule is Cc1ccc(C(=O)O)cc1NC(=S)Nc1cccc(Cl)c1. The van der Waals surface area contributed by atoms with Gasteiger partial charge in [-0.25, -0.2) is 4.79 Å². The van der Waals surface area contributed by atoms with Gasteiger partial charge in [-0.3, -0.25) is 0 Å². The number of rotatable bonds is 3. The highest BCUT2D eigenvalue weighted by molar-refractivity contribution is 7.80. The molecular weight excluding hydrogens is 308 g/mol. The lowest BCUT2D eigenvalue weighted by Crippen LogP contribution is -2.19. The number of carboxylic acids is 1. The number of aromatic carboxylic acids is 1. The van der Waals surface area contributed by atoms with E-state index in [0.29, 0.717) is 15.8 Å². The van der Waals surface area contributed by atoms with Crippen LogP contribution in [0.1, 0.15) is 15.9 Å². The van der Waals surface area contributed by atoms with Gasteiger partial charge in [0.15, 0.2) is 5.11 Å². The van der Waals surface area contributed by atoms with Gasteiger partial charge in [0, 0.05) is 16.4 Å². The highest BCUT2D eigenvalue weighted by Crippen LogP contribution is 2.19. The number of hydrogen-bond acceptors (Lipinski definition) is 2. The third kappa shape index (κ3) is 4.18. The van der Waals surface area contributed by atoms with E-state index in [2.05, 4.69) is 10.6 Å². The van der Waals surface area contributed by atoms with Crippen LogP contribution in [-0.2, 0) is 0 Å². The standard InChI is InChI=1S/C15H13ClN2O2S/c1-9-5-6-10(14(19)20)7-13(9)18-15(21)17-12-4-2-3-11(16)8-12/h2-8H,1H3,(H,19,20)(H2,17,18,21). The monoisotopic (exact) mass is 320 g/mol. The van der Waals surface area contributed by atoms with E-state index < -0.39 is 5.97 Å². The minimum atomic E-state index is -0.980. The van der Waals surface area contributed by atoms with Gasteiger partial charge in [-0.15, -0.1) is 0 Å². The first-order chi connectivity index (χ1) is 9.95. The van der Waals surface area contributed by atoms with Crippen LogP contribution in [0.2, 0.25) is 5.02 Å². The molecule has 2 rings (SSSR count). The van der Waals surface area contributed by atoms with Crippen LogP contribution in [0.15, 0.2) is 42.5 Å². The molecule has 108 valence electrons. The molecule has 0 aliphatic carbocycles. The predicted molar refractivity (Wildman–Crippen MR) is 89.4 cm³/mol. The number of nitrogens with one attached hydrogen (secondary N) is 2. The molecule has 2 aromatic carbocycles. The van der Waals surface area contributed by atoms with Gasteiger partial charge < -0.3 is 15.7 Å². The first kappa shape index (κ1) is 15.3. The molecule has 2 aromatic rings. The molecule has 0 amide bonds. The summed E-state index contributed by atoms with van der Waals surface area (Å²) in [6, 6.07) is 12.0. The Hall–Kier alpha value is -2.11. The van der Waals surface area contributed by atoms with Crippen molar-refractivity contribution < 1.29 is 9.90 Å². The van der Waals surface area contributed by atoms with Crippen LogP contribution in [0.25, 0.3) is 0 Å². The van der Waals surface area contributed by atoms with Gasteiger partial charge >= 0.3 is 5.97 Å². The van der Waals surface area contributed by atoms with E-state index >= 15 is 0 Å². The molecule has 0 aliphatic heterocycles. The highest BCUT2D eigenvalue weighted by atomic mass is 35.5. The zero-order chi connectivity index (χ0) is 15.4. The van der Waals surface area contributed by atoms with E-state index in [0.717, 1.165) is 11.3 Å². The molecule has 21 heavy (non-hydrogen) atoms. The Kier molecular flexibility index (Phi) is 4.77. The molecule has 3 N–H and O–H groups in total. The fraction of sp³-hybridized carbons (Fsp3) is 0.0667. The number of thiocarbonyl (C=S) groups is 1. The summed E-state index contributed by atoms with van der Waals surface area (Å²) < 4.78 is 0. The van der Waals surface area contributed by atoms with Crippen molar-refractivity contribution in [2.75, 3.05) is 10.6 Å². The summed E-state index contributed by atoms with van der Waals surface area (Å²) >= 11 is 11.1. The number of hydrogen-bond donors (Lipinski definition) is 3. The Morgan fingerprint density at radius 2 is 1.95 bits per heavy atom. The first-order valence-corrected chi connectivity index (χ1v) is 6.92. The first-order valence-electron chi connectivity index (χ1n) is 6.13. The Labute approximate surface area is 132 Å². The van der Waals surface area contributed by atoms with Crippen LogP contribution in [0.3, 0.4) is 0 Å². The summed E-state index contributed by atoms with van der Waals surface area (Å²) in [6.07, 6.45) is 0. The summed E-state index contributed by atoms with van der Waals surface area (Å²) in [7, 11) is 0. The smallest absolute Gasteiger partial charge is 0.335 e. The second kappa shape index (κ2) is 6.56. The van der Waals surface area contributed by atoms with Crippen molar-refractivity contribution in [2.24, 2.45) is 0 Å². The van der Waals surface area contributed by atoms with Crippen molar-refractivity contribution in [1.29, 1.82) is 0 Å². The summed E-state index contributed by atoms with van der Waals surface area (Å²) in [5, 5.41) is 16.0. The van der Waals surface area contributed by atoms with Crippen LogP contribution >= 0.6 is 23.8 Å². The molecule has 4 nitrogen and oxygen atoms in total. The quantitative estimate of drug-likeness (QED) is 0.741. The summed E-state index contributed by atoms with van der Waals surface area (Å²) in [4.78, 5) is 11.0. The van der Waals surface area contributed by atoms with Crippen LogP contribution in [0.4, 0.5) is 11.4 Å². The largest absolute Gasteiger partial charge is 0.478 e. The Morgan fingerprint density at radius 3 is 2.62 bits per heavy atom. The van der Waals surface area contributed by atoms with E-state index in [-0.39, 0.29) is 5.56 Å². The van der Waals surface area contributed by atoms with Crippen LogP contribution in [0.5, 0.6) is 0 Å². The van der Waals surface area contributed by atoms with Gasteiger partial charge in [-0.1, -0.05) is 23.7 Å². The predicted octanol–water partition coefficient (Wildman–Crippen LogP) is 4.16. The van der Waals surface area contributed by atoms with Crippen molar-refractivity contribution in [3.63, 3.8) is 0 Å². The minimum Gasteiger partial charge on any atom is -0.478 e. The number of benzene rings is 2. The van der Waals surface area contributed by atoms with Crippen molar-refractivity contribution in [1.82, 2.24) is 0 Å². The number of halogens is 1. The zero-order valence-corrected chi connectivity index (χ0v) is 12.8. The maximum absolute atomic E-state index is 11.0. The van der Waals surface area contributed by atoms with E-state index in [9.17, 15) is 4.79 Å². The van der Waals surface area contributed by atoms with Crippen LogP contribution in [-0.4, -0.2) is 16.2 Å². The number of anilines is 2. The Morgan fingerprint density at radius 1 is 1.19 bits per heavy atom. The van der Waals surface area contributed by atoms with Crippen molar-refractivity contribution in [2.45, 2.75) is 6.92 Å². The summed E-state index contributed by atoms with van der Waals surface area (Å²) in [6.45, 7) is 1.87. The second-order valence-corrected chi connectivity index (χ2v) is 5.27. The van der Waals surface area contributed by atoms with E-state index in [1.165, 1.54) is 0 Å². The number of carbonyl (C=O) groups is 1. The summed E-state index contributed by atoms with van der Waals surface area (Å²) in [5.41, 5.74) is 2.50. The molecule has 0 atom stereocenters. The Balaban J connectivity index is 2.12. The third-order valence-electron chi connectivity index (χ3n) is 2.82. The molecule has 0 heterocycles. The molecule has 0 saturated heterocycles. The van der Waals surface area contributed by atoms with Gasteiger partial charge in [0.05, 0.1) is 5.56 Å². The molecule has 0 spiro atoms. The molecule has 0 aromatic heterocycles. The highest BCUT2D eigenvalue weighted by Gasteiger charge is 2.07. The van der Waals surface area contributed by atoms with Crippen molar-refractivity contribution in [3.05, 3.63) is 58.6 Å². The van der Waals surface area contributed by atoms with Crippen LogP contribution < -0.4 is 10.6 Å². The average Bonchev–Trinajstić information content (AvgIpc) is 2.41. The maximum Gasteiger partial charge on any atom is 0.335 e. The fourth-order valence-electron chi connectivity index (χ4n) is 1.74. The van der Waals surface area contributed by atoms with Crippen molar-refractivity contribution in [3.8, 4) is 0 Å². The van der Waals surface area contributed by atoms with Gasteiger partial charge in [-0.05, 0) is 55.0 Å². The Bertz CT molecular complexity index is 704. The average molecular weight is 321 g/mol. The normalized spacial score (nSPS) is 10.0. The van der Waals surface area contributed by atoms with Gasteiger partial charge in [0.25, 0.3) is 0 Å². The van der Waals surface area contributed by atoms with E-state index in [4.69, 9.17) is 28.9 Å². The summed E-state index contributed by atoms with van der Waals surface area (Å²) in [5.74, 6) is -0.980. The molecule has 0 saturated carbocycles. The van der Waals surface area contributed by atoms with Gasteiger partial charge in [-0.2, -0.15) is 0 Å². The van der Waals surface area contributed by atoms with Gasteiger partial charge in [0.1, 0.15) is 0 Å². The van der Waals surface area contributed by atoms with Gasteiger partial charge in [0.2, 0.25) is 0 Å². The molecule has 0 radical (unpaired) electrons.